The number of carbonyl (C=O) groups is 2. The lowest BCUT2D eigenvalue weighted by atomic mass is 10.2. The average molecular weight is 358 g/mol. The van der Waals surface area contributed by atoms with Gasteiger partial charge in [0.15, 0.2) is 0 Å². The van der Waals surface area contributed by atoms with Crippen molar-refractivity contribution < 1.29 is 18.8 Å². The minimum atomic E-state index is -0.386. The molecule has 1 aromatic heterocycles. The van der Waals surface area contributed by atoms with Crippen LogP contribution in [0.4, 0.5) is 11.4 Å². The van der Waals surface area contributed by atoms with Crippen LogP contribution in [0.2, 0.25) is 0 Å². The predicted octanol–water partition coefficient (Wildman–Crippen LogP) is 1.53. The van der Waals surface area contributed by atoms with Crippen molar-refractivity contribution in [1.82, 2.24) is 10.1 Å². The van der Waals surface area contributed by atoms with E-state index < -0.39 is 0 Å². The molecule has 1 aliphatic rings. The van der Waals surface area contributed by atoms with Gasteiger partial charge in [0.2, 0.25) is 11.7 Å². The number of ether oxygens (including phenoxy) is 1. The molecule has 3 rings (SSSR count). The zero-order valence-electron chi connectivity index (χ0n) is 14.9. The third kappa shape index (κ3) is 4.40. The molecule has 0 atom stereocenters. The summed E-state index contributed by atoms with van der Waals surface area (Å²) in [4.78, 5) is 27.9. The van der Waals surface area contributed by atoms with E-state index in [0.717, 1.165) is 32.0 Å². The van der Waals surface area contributed by atoms with Gasteiger partial charge >= 0.3 is 0 Å². The predicted molar refractivity (Wildman–Crippen MR) is 96.3 cm³/mol. The minimum absolute atomic E-state index is 0.0796. The quantitative estimate of drug-likeness (QED) is 0.872. The van der Waals surface area contributed by atoms with Crippen LogP contribution in [0.3, 0.4) is 0 Å². The molecule has 2 amide bonds. The summed E-state index contributed by atoms with van der Waals surface area (Å²) in [5, 5.41) is 6.47. The first kappa shape index (κ1) is 17.9. The van der Waals surface area contributed by atoms with Gasteiger partial charge in [-0.3, -0.25) is 9.59 Å². The van der Waals surface area contributed by atoms with Crippen LogP contribution in [0.25, 0.3) is 0 Å². The van der Waals surface area contributed by atoms with Gasteiger partial charge in [-0.15, -0.1) is 0 Å². The number of nitrogens with zero attached hydrogens (tertiary/aromatic N) is 3. The van der Waals surface area contributed by atoms with Crippen molar-refractivity contribution in [3.8, 4) is 0 Å². The second-order valence-electron chi connectivity index (χ2n) is 6.19. The Bertz CT molecular complexity index is 766. The highest BCUT2D eigenvalue weighted by molar-refractivity contribution is 5.98. The molecule has 0 aliphatic carbocycles. The first-order valence-electron chi connectivity index (χ1n) is 8.44. The van der Waals surface area contributed by atoms with E-state index in [9.17, 15) is 9.59 Å². The van der Waals surface area contributed by atoms with Crippen LogP contribution >= 0.6 is 0 Å². The summed E-state index contributed by atoms with van der Waals surface area (Å²) in [5.41, 5.74) is 2.40. The minimum Gasteiger partial charge on any atom is -0.378 e. The number of benzene rings is 1. The number of aromatic nitrogens is 1. The van der Waals surface area contributed by atoms with Crippen molar-refractivity contribution in [1.29, 1.82) is 0 Å². The Morgan fingerprint density at radius 3 is 2.54 bits per heavy atom. The van der Waals surface area contributed by atoms with Crippen molar-refractivity contribution >= 4 is 23.2 Å². The first-order valence-corrected chi connectivity index (χ1v) is 8.44. The Kier molecular flexibility index (Phi) is 5.52. The number of amides is 2. The molecule has 0 bridgehead atoms. The highest BCUT2D eigenvalue weighted by atomic mass is 16.5. The van der Waals surface area contributed by atoms with Crippen molar-refractivity contribution in [3.63, 3.8) is 0 Å². The van der Waals surface area contributed by atoms with Crippen LogP contribution in [0, 0.1) is 6.92 Å². The van der Waals surface area contributed by atoms with Crippen LogP contribution in [0.5, 0.6) is 0 Å². The second-order valence-corrected chi connectivity index (χ2v) is 6.19. The van der Waals surface area contributed by atoms with Crippen LogP contribution in [0.1, 0.15) is 16.2 Å². The maximum Gasteiger partial charge on any atom is 0.292 e. The topological polar surface area (TPSA) is 87.9 Å². The van der Waals surface area contributed by atoms with E-state index in [-0.39, 0.29) is 24.1 Å². The fourth-order valence-electron chi connectivity index (χ4n) is 2.72. The summed E-state index contributed by atoms with van der Waals surface area (Å²) in [7, 11) is 1.54. The molecule has 0 saturated carbocycles. The van der Waals surface area contributed by atoms with E-state index in [1.165, 1.54) is 4.90 Å². The molecular weight excluding hydrogens is 336 g/mol. The highest BCUT2D eigenvalue weighted by Gasteiger charge is 2.19. The molecule has 138 valence electrons. The van der Waals surface area contributed by atoms with Crippen molar-refractivity contribution in [2.75, 3.05) is 50.1 Å². The Balaban J connectivity index is 1.53. The molecule has 1 aromatic carbocycles. The summed E-state index contributed by atoms with van der Waals surface area (Å²) >= 11 is 0. The molecule has 0 spiro atoms. The van der Waals surface area contributed by atoms with Crippen molar-refractivity contribution in [2.45, 2.75) is 6.92 Å². The summed E-state index contributed by atoms with van der Waals surface area (Å²) < 4.78 is 10.3. The molecule has 1 saturated heterocycles. The largest absolute Gasteiger partial charge is 0.378 e. The van der Waals surface area contributed by atoms with Crippen molar-refractivity contribution in [2.24, 2.45) is 0 Å². The summed E-state index contributed by atoms with van der Waals surface area (Å²) in [6, 6.07) is 9.18. The van der Waals surface area contributed by atoms with Gasteiger partial charge in [0.25, 0.3) is 5.91 Å². The smallest absolute Gasteiger partial charge is 0.292 e. The van der Waals surface area contributed by atoms with Crippen LogP contribution < -0.4 is 10.2 Å². The van der Waals surface area contributed by atoms with E-state index >= 15 is 0 Å². The van der Waals surface area contributed by atoms with Gasteiger partial charge in [0.1, 0.15) is 0 Å². The number of carbonyl (C=O) groups excluding carboxylic acids is 2. The van der Waals surface area contributed by atoms with Gasteiger partial charge in [-0.25, -0.2) is 0 Å². The van der Waals surface area contributed by atoms with Gasteiger partial charge in [-0.2, -0.15) is 0 Å². The lowest BCUT2D eigenvalue weighted by Gasteiger charge is -2.28. The zero-order chi connectivity index (χ0) is 18.5. The molecule has 1 N–H and O–H groups in total. The van der Waals surface area contributed by atoms with Crippen LogP contribution in [0.15, 0.2) is 34.9 Å². The number of anilines is 2. The number of rotatable bonds is 5. The Morgan fingerprint density at radius 2 is 1.92 bits per heavy atom. The molecule has 1 aliphatic heterocycles. The summed E-state index contributed by atoms with van der Waals surface area (Å²) in [6.45, 7) is 4.82. The molecular formula is C18H22N4O4. The second kappa shape index (κ2) is 8.01. The van der Waals surface area contributed by atoms with E-state index in [1.807, 2.05) is 24.3 Å². The molecule has 2 aromatic rings. The summed E-state index contributed by atoms with van der Waals surface area (Å²) in [6.07, 6.45) is 0. The van der Waals surface area contributed by atoms with E-state index in [4.69, 9.17) is 9.26 Å². The van der Waals surface area contributed by atoms with E-state index in [1.54, 1.807) is 20.0 Å². The molecule has 2 heterocycles. The maximum absolute atomic E-state index is 12.2. The van der Waals surface area contributed by atoms with Crippen LogP contribution in [-0.4, -0.2) is 61.8 Å². The molecule has 0 radical (unpaired) electrons. The fourth-order valence-corrected chi connectivity index (χ4v) is 2.72. The lowest BCUT2D eigenvalue weighted by Crippen LogP contribution is -2.36. The molecule has 26 heavy (non-hydrogen) atoms. The number of hydrogen-bond acceptors (Lipinski definition) is 6. The van der Waals surface area contributed by atoms with Gasteiger partial charge in [0.05, 0.1) is 25.5 Å². The maximum atomic E-state index is 12.2. The molecule has 0 unspecified atom stereocenters. The molecule has 8 nitrogen and oxygen atoms in total. The summed E-state index contributed by atoms with van der Waals surface area (Å²) in [5.74, 6) is -0.549. The number of nitrogens with one attached hydrogen (secondary N) is 1. The Morgan fingerprint density at radius 1 is 1.23 bits per heavy atom. The zero-order valence-corrected chi connectivity index (χ0v) is 14.9. The SMILES string of the molecule is Cc1cc(C(=O)N(C)CC(=O)Nc2ccc(N3CCOCC3)cc2)on1. The van der Waals surface area contributed by atoms with Gasteiger partial charge in [-0.05, 0) is 31.2 Å². The van der Waals surface area contributed by atoms with Gasteiger partial charge < -0.3 is 24.4 Å². The standard InChI is InChI=1S/C18H22N4O4/c1-13-11-16(26-20-13)18(24)21(2)12-17(23)19-14-3-5-15(6-4-14)22-7-9-25-10-8-22/h3-6,11H,7-10,12H2,1-2H3,(H,19,23). The Hall–Kier alpha value is -2.87. The number of aryl methyl sites for hydroxylation is 1. The fraction of sp³-hybridized carbons (Fsp3) is 0.389. The van der Waals surface area contributed by atoms with E-state index in [2.05, 4.69) is 15.4 Å². The average Bonchev–Trinajstić information content (AvgIpc) is 3.08. The van der Waals surface area contributed by atoms with Gasteiger partial charge in [0, 0.05) is 37.6 Å². The number of likely N-dealkylation sites (N-methyl/N-ethyl adjacent to an activating group) is 1. The lowest BCUT2D eigenvalue weighted by molar-refractivity contribution is -0.116. The van der Waals surface area contributed by atoms with Gasteiger partial charge in [-0.1, -0.05) is 5.16 Å². The normalized spacial score (nSPS) is 14.2. The van der Waals surface area contributed by atoms with Crippen LogP contribution in [-0.2, 0) is 9.53 Å². The molecule has 1 fully saturated rings. The number of hydrogen-bond donors (Lipinski definition) is 1. The number of morpholine rings is 1. The highest BCUT2D eigenvalue weighted by Crippen LogP contribution is 2.19. The first-order chi connectivity index (χ1) is 12.5. The monoisotopic (exact) mass is 358 g/mol. The van der Waals surface area contributed by atoms with E-state index in [0.29, 0.717) is 11.4 Å². The third-order valence-electron chi connectivity index (χ3n) is 4.09. The third-order valence-corrected chi connectivity index (χ3v) is 4.09. The Labute approximate surface area is 151 Å². The molecule has 8 heteroatoms. The van der Waals surface area contributed by atoms with Crippen molar-refractivity contribution in [3.05, 3.63) is 41.8 Å².